The van der Waals surface area contributed by atoms with E-state index in [-0.39, 0.29) is 17.8 Å². The number of nitro groups is 1. The molecule has 2 aromatic rings. The summed E-state index contributed by atoms with van der Waals surface area (Å²) in [5.74, 6) is 0.148. The molecule has 25 heavy (non-hydrogen) atoms. The molecule has 0 fully saturated rings. The van der Waals surface area contributed by atoms with Gasteiger partial charge >= 0.3 is 5.82 Å². The van der Waals surface area contributed by atoms with E-state index in [9.17, 15) is 14.9 Å². The number of hydrogen-bond donors (Lipinski definition) is 1. The molecule has 1 aromatic carbocycles. The number of benzene rings is 1. The maximum Gasteiger partial charge on any atom is 0.347 e. The Morgan fingerprint density at radius 2 is 2.08 bits per heavy atom. The topological polar surface area (TPSA) is 90.1 Å². The Balaban J connectivity index is 2.14. The largest absolute Gasteiger partial charge is 0.358 e. The van der Waals surface area contributed by atoms with E-state index in [0.29, 0.717) is 11.4 Å². The number of carbonyl (C=O) groups is 1. The van der Waals surface area contributed by atoms with Crippen LogP contribution in [0.5, 0.6) is 0 Å². The normalized spacial score (nSPS) is 12.1. The Morgan fingerprint density at radius 1 is 1.40 bits per heavy atom. The van der Waals surface area contributed by atoms with Crippen LogP contribution in [0.15, 0.2) is 37.0 Å². The molecular formula is C18H20N4O3. The van der Waals surface area contributed by atoms with Gasteiger partial charge in [-0.15, -0.1) is 0 Å². The molecule has 0 bridgehead atoms. The summed E-state index contributed by atoms with van der Waals surface area (Å²) in [5, 5.41) is 13.8. The molecule has 1 atom stereocenters. The standard InChI is InChI=1S/C18H20N4O3/c1-4-13(3)20-18(23)15-9-6-14(7-10-15)8-11-16-19-12-17(22(24)25)21(16)5-2/h5-13H,2,4H2,1,3H3,(H,20,23)/b11-8+. The van der Waals surface area contributed by atoms with Crippen molar-refractivity contribution in [2.75, 3.05) is 0 Å². The van der Waals surface area contributed by atoms with E-state index >= 15 is 0 Å². The first-order valence-electron chi connectivity index (χ1n) is 7.89. The molecule has 1 amide bonds. The minimum atomic E-state index is -0.517. The van der Waals surface area contributed by atoms with Gasteiger partial charge in [0.2, 0.25) is 5.82 Å². The first-order chi connectivity index (χ1) is 12.0. The van der Waals surface area contributed by atoms with Gasteiger partial charge in [-0.25, -0.2) is 4.98 Å². The number of nitrogens with zero attached hydrogens (tertiary/aromatic N) is 3. The van der Waals surface area contributed by atoms with Crippen LogP contribution in [0.25, 0.3) is 18.4 Å². The van der Waals surface area contributed by atoms with Crippen molar-refractivity contribution in [2.24, 2.45) is 0 Å². The SMILES string of the molecule is C=Cn1c([N+](=O)[O-])cnc1/C=C/c1ccc(C(=O)NC(C)CC)cc1. The number of carbonyl (C=O) groups excluding carboxylic acids is 1. The summed E-state index contributed by atoms with van der Waals surface area (Å²) in [7, 11) is 0. The molecule has 1 N–H and O–H groups in total. The summed E-state index contributed by atoms with van der Waals surface area (Å²) in [5.41, 5.74) is 1.43. The lowest BCUT2D eigenvalue weighted by Gasteiger charge is -2.11. The molecule has 7 nitrogen and oxygen atoms in total. The first kappa shape index (κ1) is 18.1. The lowest BCUT2D eigenvalue weighted by atomic mass is 10.1. The van der Waals surface area contributed by atoms with Gasteiger partial charge in [0, 0.05) is 17.7 Å². The van der Waals surface area contributed by atoms with Crippen LogP contribution in [0.1, 0.15) is 42.0 Å². The Morgan fingerprint density at radius 3 is 2.64 bits per heavy atom. The Labute approximate surface area is 145 Å². The zero-order valence-electron chi connectivity index (χ0n) is 14.2. The second-order valence-corrected chi connectivity index (χ2v) is 5.52. The number of hydrogen-bond acceptors (Lipinski definition) is 4. The average Bonchev–Trinajstić information content (AvgIpc) is 3.03. The van der Waals surface area contributed by atoms with Crippen LogP contribution in [0.2, 0.25) is 0 Å². The van der Waals surface area contributed by atoms with Crippen molar-refractivity contribution < 1.29 is 9.72 Å². The molecule has 0 aliphatic rings. The highest BCUT2D eigenvalue weighted by atomic mass is 16.6. The molecule has 0 saturated carbocycles. The monoisotopic (exact) mass is 340 g/mol. The summed E-state index contributed by atoms with van der Waals surface area (Å²) in [6.45, 7) is 7.53. The van der Waals surface area contributed by atoms with Crippen LogP contribution in [-0.4, -0.2) is 26.4 Å². The smallest absolute Gasteiger partial charge is 0.347 e. The fourth-order valence-corrected chi connectivity index (χ4v) is 2.14. The van der Waals surface area contributed by atoms with E-state index in [0.717, 1.165) is 12.0 Å². The summed E-state index contributed by atoms with van der Waals surface area (Å²) in [6, 6.07) is 7.20. The maximum atomic E-state index is 12.0. The quantitative estimate of drug-likeness (QED) is 0.616. The molecule has 130 valence electrons. The summed E-state index contributed by atoms with van der Waals surface area (Å²) in [4.78, 5) is 26.4. The van der Waals surface area contributed by atoms with Gasteiger partial charge < -0.3 is 15.4 Å². The first-order valence-corrected chi connectivity index (χ1v) is 7.89. The van der Waals surface area contributed by atoms with E-state index in [4.69, 9.17) is 0 Å². The number of imidazole rings is 1. The third-order valence-corrected chi connectivity index (χ3v) is 3.76. The van der Waals surface area contributed by atoms with Crippen molar-refractivity contribution in [2.45, 2.75) is 26.3 Å². The van der Waals surface area contributed by atoms with Gasteiger partial charge in [-0.1, -0.05) is 25.6 Å². The molecule has 7 heteroatoms. The van der Waals surface area contributed by atoms with Crippen molar-refractivity contribution in [3.63, 3.8) is 0 Å². The van der Waals surface area contributed by atoms with Crippen molar-refractivity contribution >= 4 is 30.1 Å². The van der Waals surface area contributed by atoms with Gasteiger partial charge in [0.1, 0.15) is 6.20 Å². The molecule has 1 aromatic heterocycles. The number of aromatic nitrogens is 2. The average molecular weight is 340 g/mol. The molecule has 2 rings (SSSR count). The third-order valence-electron chi connectivity index (χ3n) is 3.76. The van der Waals surface area contributed by atoms with Gasteiger partial charge in [0.05, 0.1) is 6.20 Å². The maximum absolute atomic E-state index is 12.0. The van der Waals surface area contributed by atoms with Gasteiger partial charge in [-0.3, -0.25) is 4.79 Å². The van der Waals surface area contributed by atoms with Crippen molar-refractivity contribution in [1.29, 1.82) is 0 Å². The Kier molecular flexibility index (Phi) is 5.84. The van der Waals surface area contributed by atoms with Crippen LogP contribution in [-0.2, 0) is 0 Å². The zero-order chi connectivity index (χ0) is 18.4. The second-order valence-electron chi connectivity index (χ2n) is 5.52. The molecule has 0 aliphatic heterocycles. The highest BCUT2D eigenvalue weighted by Crippen LogP contribution is 2.17. The van der Waals surface area contributed by atoms with Crippen LogP contribution < -0.4 is 5.32 Å². The van der Waals surface area contributed by atoms with E-state index in [1.807, 2.05) is 13.8 Å². The van der Waals surface area contributed by atoms with Crippen LogP contribution in [0.3, 0.4) is 0 Å². The molecule has 0 aliphatic carbocycles. The Bertz CT molecular complexity index is 806. The highest BCUT2D eigenvalue weighted by molar-refractivity contribution is 5.94. The van der Waals surface area contributed by atoms with E-state index in [2.05, 4.69) is 16.9 Å². The number of rotatable bonds is 7. The molecule has 1 unspecified atom stereocenters. The fourth-order valence-electron chi connectivity index (χ4n) is 2.14. The zero-order valence-corrected chi connectivity index (χ0v) is 14.2. The van der Waals surface area contributed by atoms with Crippen LogP contribution >= 0.6 is 0 Å². The van der Waals surface area contributed by atoms with Crippen molar-refractivity contribution in [3.8, 4) is 0 Å². The predicted octanol–water partition coefficient (Wildman–Crippen LogP) is 3.59. The summed E-state index contributed by atoms with van der Waals surface area (Å²) < 4.78 is 1.30. The Hall–Kier alpha value is -3.22. The minimum Gasteiger partial charge on any atom is -0.358 e. The molecule has 0 radical (unpaired) electrons. The minimum absolute atomic E-state index is 0.109. The second kappa shape index (κ2) is 8.05. The van der Waals surface area contributed by atoms with Gasteiger partial charge in [-0.2, -0.15) is 4.57 Å². The van der Waals surface area contributed by atoms with E-state index in [1.165, 1.54) is 17.0 Å². The molecular weight excluding hydrogens is 320 g/mol. The van der Waals surface area contributed by atoms with Gasteiger partial charge in [0.25, 0.3) is 5.91 Å². The van der Waals surface area contributed by atoms with E-state index < -0.39 is 4.92 Å². The predicted molar refractivity (Wildman–Crippen MR) is 97.9 cm³/mol. The number of amides is 1. The fraction of sp³-hybridized carbons (Fsp3) is 0.222. The third kappa shape index (κ3) is 4.41. The van der Waals surface area contributed by atoms with Crippen molar-refractivity contribution in [1.82, 2.24) is 14.9 Å². The molecule has 1 heterocycles. The summed E-state index contributed by atoms with van der Waals surface area (Å²) in [6.07, 6.45) is 6.82. The molecule has 0 spiro atoms. The van der Waals surface area contributed by atoms with Gasteiger partial charge in [0.15, 0.2) is 0 Å². The lowest BCUT2D eigenvalue weighted by Crippen LogP contribution is -2.31. The highest BCUT2D eigenvalue weighted by Gasteiger charge is 2.15. The van der Waals surface area contributed by atoms with Crippen LogP contribution in [0, 0.1) is 10.1 Å². The van der Waals surface area contributed by atoms with Crippen LogP contribution in [0.4, 0.5) is 5.82 Å². The molecule has 0 saturated heterocycles. The van der Waals surface area contributed by atoms with Crippen molar-refractivity contribution in [3.05, 3.63) is 64.1 Å². The van der Waals surface area contributed by atoms with E-state index in [1.54, 1.807) is 36.4 Å². The number of nitrogens with one attached hydrogen (secondary N) is 1. The van der Waals surface area contributed by atoms with Gasteiger partial charge in [-0.05, 0) is 42.0 Å². The lowest BCUT2D eigenvalue weighted by molar-refractivity contribution is -0.390. The summed E-state index contributed by atoms with van der Waals surface area (Å²) >= 11 is 0.